The van der Waals surface area contributed by atoms with Crippen LogP contribution in [0.25, 0.3) is 11.3 Å². The van der Waals surface area contributed by atoms with Crippen LogP contribution in [0.3, 0.4) is 0 Å². The summed E-state index contributed by atoms with van der Waals surface area (Å²) >= 11 is 0. The van der Waals surface area contributed by atoms with Gasteiger partial charge in [-0.15, -0.1) is 0 Å². The Hall–Kier alpha value is -1.77. The van der Waals surface area contributed by atoms with Crippen molar-refractivity contribution in [2.45, 2.75) is 6.92 Å². The Morgan fingerprint density at radius 2 is 1.60 bits per heavy atom. The summed E-state index contributed by atoms with van der Waals surface area (Å²) in [4.78, 5) is 4.08. The molecule has 1 nitrogen and oxygen atoms in total. The van der Waals surface area contributed by atoms with Gasteiger partial charge in [0.2, 0.25) is 0 Å². The molecule has 76 valence electrons. The fourth-order valence-corrected chi connectivity index (χ4v) is 1.35. The summed E-state index contributed by atoms with van der Waals surface area (Å²) in [6.45, 7) is 1.78. The van der Waals surface area contributed by atoms with E-state index in [0.717, 1.165) is 5.69 Å². The van der Waals surface area contributed by atoms with E-state index < -0.39 is 5.82 Å². The molecular formula is C12H9F2N. The number of hydrogen-bond acceptors (Lipinski definition) is 1. The van der Waals surface area contributed by atoms with E-state index in [1.807, 2.05) is 0 Å². The highest BCUT2D eigenvalue weighted by molar-refractivity contribution is 5.59. The summed E-state index contributed by atoms with van der Waals surface area (Å²) in [5.41, 5.74) is 1.57. The first-order chi connectivity index (χ1) is 7.16. The summed E-state index contributed by atoms with van der Waals surface area (Å²) in [6.07, 6.45) is 0. The molecule has 3 heteroatoms. The third kappa shape index (κ3) is 2.01. The van der Waals surface area contributed by atoms with E-state index in [0.29, 0.717) is 5.56 Å². The monoisotopic (exact) mass is 205 g/mol. The van der Waals surface area contributed by atoms with E-state index in [1.165, 1.54) is 30.3 Å². The Bertz CT molecular complexity index is 477. The third-order valence-corrected chi connectivity index (χ3v) is 2.10. The summed E-state index contributed by atoms with van der Waals surface area (Å²) in [7, 11) is 0. The van der Waals surface area contributed by atoms with Gasteiger partial charge in [-0.25, -0.2) is 8.78 Å². The van der Waals surface area contributed by atoms with Gasteiger partial charge in [0.15, 0.2) is 0 Å². The maximum Gasteiger partial charge on any atom is 0.149 e. The number of benzene rings is 1. The molecule has 1 aromatic carbocycles. The number of nitrogens with zero attached hydrogens (tertiary/aromatic N) is 1. The van der Waals surface area contributed by atoms with Gasteiger partial charge in [0.1, 0.15) is 17.3 Å². The highest BCUT2D eigenvalue weighted by atomic mass is 19.1. The van der Waals surface area contributed by atoms with E-state index >= 15 is 0 Å². The zero-order chi connectivity index (χ0) is 10.8. The highest BCUT2D eigenvalue weighted by Gasteiger charge is 2.06. The molecule has 0 N–H and O–H groups in total. The summed E-state index contributed by atoms with van der Waals surface area (Å²) in [5.74, 6) is -0.737. The Morgan fingerprint density at radius 3 is 2.27 bits per heavy atom. The topological polar surface area (TPSA) is 12.9 Å². The quantitative estimate of drug-likeness (QED) is 0.695. The fraction of sp³-hybridized carbons (Fsp3) is 0.0833. The van der Waals surface area contributed by atoms with E-state index in [9.17, 15) is 8.78 Å². The molecule has 0 unspecified atom stereocenters. The Labute approximate surface area is 86.4 Å². The van der Waals surface area contributed by atoms with Crippen LogP contribution < -0.4 is 0 Å². The minimum atomic E-state index is -0.396. The van der Waals surface area contributed by atoms with Crippen molar-refractivity contribution in [2.75, 3.05) is 0 Å². The van der Waals surface area contributed by atoms with Gasteiger partial charge in [-0.05, 0) is 43.3 Å². The summed E-state index contributed by atoms with van der Waals surface area (Å²) in [6, 6.07) is 8.57. The van der Waals surface area contributed by atoms with Crippen LogP contribution >= 0.6 is 0 Å². The average molecular weight is 205 g/mol. The molecule has 0 saturated carbocycles. The molecule has 0 amide bonds. The first kappa shape index (κ1) is 9.77. The van der Waals surface area contributed by atoms with Crippen LogP contribution in [0.2, 0.25) is 0 Å². The maximum atomic E-state index is 13.4. The summed E-state index contributed by atoms with van der Waals surface area (Å²) < 4.78 is 26.1. The second kappa shape index (κ2) is 3.77. The van der Waals surface area contributed by atoms with Crippen molar-refractivity contribution in [1.29, 1.82) is 0 Å². The van der Waals surface area contributed by atoms with Crippen LogP contribution in [0.15, 0.2) is 36.4 Å². The molecule has 2 aromatic rings. The molecular weight excluding hydrogens is 196 g/mol. The van der Waals surface area contributed by atoms with Crippen LogP contribution in [0.5, 0.6) is 0 Å². The molecule has 0 aliphatic heterocycles. The van der Waals surface area contributed by atoms with Gasteiger partial charge in [0.25, 0.3) is 0 Å². The number of halogens is 2. The van der Waals surface area contributed by atoms with Gasteiger partial charge >= 0.3 is 0 Å². The highest BCUT2D eigenvalue weighted by Crippen LogP contribution is 2.20. The van der Waals surface area contributed by atoms with E-state index in [-0.39, 0.29) is 11.5 Å². The number of aromatic nitrogens is 1. The standard InChI is InChI=1S/C12H9F2N/c1-8-2-7-11(14)12(15-8)9-3-5-10(13)6-4-9/h2-7H,1H3. The lowest BCUT2D eigenvalue weighted by Gasteiger charge is -2.03. The molecule has 15 heavy (non-hydrogen) atoms. The van der Waals surface area contributed by atoms with Gasteiger partial charge in [-0.2, -0.15) is 0 Å². The molecule has 2 rings (SSSR count). The molecule has 0 radical (unpaired) electrons. The van der Waals surface area contributed by atoms with Crippen LogP contribution in [0.1, 0.15) is 5.69 Å². The normalized spacial score (nSPS) is 10.3. The molecule has 0 fully saturated rings. The third-order valence-electron chi connectivity index (χ3n) is 2.10. The van der Waals surface area contributed by atoms with E-state index in [4.69, 9.17) is 0 Å². The molecule has 0 aliphatic carbocycles. The lowest BCUT2D eigenvalue weighted by molar-refractivity contribution is 0.622. The first-order valence-electron chi connectivity index (χ1n) is 4.56. The van der Waals surface area contributed by atoms with Gasteiger partial charge in [-0.3, -0.25) is 4.98 Å². The van der Waals surface area contributed by atoms with Gasteiger partial charge in [0.05, 0.1) is 0 Å². The molecule has 0 aliphatic rings. The zero-order valence-corrected chi connectivity index (χ0v) is 8.17. The number of rotatable bonds is 1. The Morgan fingerprint density at radius 1 is 0.933 bits per heavy atom. The van der Waals surface area contributed by atoms with Crippen LogP contribution in [0, 0.1) is 18.6 Å². The molecule has 0 saturated heterocycles. The Balaban J connectivity index is 2.53. The van der Waals surface area contributed by atoms with Crippen molar-refractivity contribution in [1.82, 2.24) is 4.98 Å². The lowest BCUT2D eigenvalue weighted by atomic mass is 10.1. The van der Waals surface area contributed by atoms with Crippen LogP contribution in [-0.4, -0.2) is 4.98 Å². The predicted octanol–water partition coefficient (Wildman–Crippen LogP) is 3.34. The molecule has 0 atom stereocenters. The zero-order valence-electron chi connectivity index (χ0n) is 8.17. The average Bonchev–Trinajstić information content (AvgIpc) is 2.23. The first-order valence-corrected chi connectivity index (χ1v) is 4.56. The van der Waals surface area contributed by atoms with Gasteiger partial charge < -0.3 is 0 Å². The minimum Gasteiger partial charge on any atom is -0.250 e. The van der Waals surface area contributed by atoms with Crippen molar-refractivity contribution in [3.63, 3.8) is 0 Å². The van der Waals surface area contributed by atoms with Crippen molar-refractivity contribution < 1.29 is 8.78 Å². The molecule has 0 bridgehead atoms. The van der Waals surface area contributed by atoms with Crippen molar-refractivity contribution in [3.8, 4) is 11.3 Å². The number of pyridine rings is 1. The van der Waals surface area contributed by atoms with Crippen LogP contribution in [-0.2, 0) is 0 Å². The van der Waals surface area contributed by atoms with Crippen molar-refractivity contribution in [3.05, 3.63) is 53.7 Å². The molecule has 1 heterocycles. The lowest BCUT2D eigenvalue weighted by Crippen LogP contribution is -1.91. The second-order valence-corrected chi connectivity index (χ2v) is 3.29. The number of hydrogen-bond donors (Lipinski definition) is 0. The van der Waals surface area contributed by atoms with Crippen molar-refractivity contribution >= 4 is 0 Å². The number of aryl methyl sites for hydroxylation is 1. The van der Waals surface area contributed by atoms with E-state index in [2.05, 4.69) is 4.98 Å². The van der Waals surface area contributed by atoms with Crippen molar-refractivity contribution in [2.24, 2.45) is 0 Å². The largest absolute Gasteiger partial charge is 0.250 e. The molecule has 0 spiro atoms. The minimum absolute atomic E-state index is 0.259. The second-order valence-electron chi connectivity index (χ2n) is 3.29. The fourth-order valence-electron chi connectivity index (χ4n) is 1.35. The summed E-state index contributed by atoms with van der Waals surface area (Å²) in [5, 5.41) is 0. The smallest absolute Gasteiger partial charge is 0.149 e. The van der Waals surface area contributed by atoms with Crippen LogP contribution in [0.4, 0.5) is 8.78 Å². The van der Waals surface area contributed by atoms with Gasteiger partial charge in [0, 0.05) is 11.3 Å². The van der Waals surface area contributed by atoms with E-state index in [1.54, 1.807) is 13.0 Å². The van der Waals surface area contributed by atoms with Gasteiger partial charge in [-0.1, -0.05) is 0 Å². The Kier molecular flexibility index (Phi) is 2.46. The maximum absolute atomic E-state index is 13.4. The SMILES string of the molecule is Cc1ccc(F)c(-c2ccc(F)cc2)n1. The predicted molar refractivity (Wildman–Crippen MR) is 54.3 cm³/mol. The molecule has 1 aromatic heterocycles.